The van der Waals surface area contributed by atoms with Gasteiger partial charge in [0.1, 0.15) is 36.5 Å². The van der Waals surface area contributed by atoms with E-state index in [2.05, 4.69) is 27.9 Å². The number of esters is 1. The number of carbonyl (C=O) groups excluding carboxylic acids is 5. The molecule has 14 nitrogen and oxygen atoms in total. The number of rotatable bonds is 24. The van der Waals surface area contributed by atoms with Crippen LogP contribution < -0.4 is 32.2 Å². The van der Waals surface area contributed by atoms with Crippen LogP contribution in [0.1, 0.15) is 103 Å². The molecule has 3 rings (SSSR count). The van der Waals surface area contributed by atoms with Crippen molar-refractivity contribution in [1.29, 1.82) is 0 Å². The van der Waals surface area contributed by atoms with Crippen LogP contribution in [0.5, 0.6) is 5.75 Å². The summed E-state index contributed by atoms with van der Waals surface area (Å²) in [5.41, 5.74) is 12.6. The lowest BCUT2D eigenvalue weighted by Gasteiger charge is -2.31. The second-order valence-corrected chi connectivity index (χ2v) is 14.8. The number of nitrogens with two attached hydrogens (primary N) is 2. The molecule has 0 unspecified atom stereocenters. The van der Waals surface area contributed by atoms with E-state index >= 15 is 0 Å². The molecule has 14 heteroatoms. The minimum atomic E-state index is -0.953. The summed E-state index contributed by atoms with van der Waals surface area (Å²) in [5, 5.41) is 8.64. The van der Waals surface area contributed by atoms with Crippen LogP contribution >= 0.6 is 0 Å². The van der Waals surface area contributed by atoms with Gasteiger partial charge in [-0.3, -0.25) is 24.2 Å². The van der Waals surface area contributed by atoms with Crippen LogP contribution in [0.15, 0.2) is 59.6 Å². The summed E-state index contributed by atoms with van der Waals surface area (Å²) in [7, 11) is 1.24. The number of amides is 4. The number of hydrogen-bond acceptors (Lipinski definition) is 8. The molecule has 1 aliphatic heterocycles. The molecule has 2 aromatic rings. The fourth-order valence-electron chi connectivity index (χ4n) is 6.69. The molecule has 0 bridgehead atoms. The Balaban J connectivity index is 1.75. The van der Waals surface area contributed by atoms with Crippen LogP contribution in [0, 0.1) is 5.92 Å². The van der Waals surface area contributed by atoms with Gasteiger partial charge in [-0.1, -0.05) is 88.9 Å². The van der Waals surface area contributed by atoms with Crippen LogP contribution in [0.3, 0.4) is 0 Å². The molecule has 4 amide bonds. The number of unbranched alkanes of at least 4 members (excludes halogenated alkanes) is 4. The van der Waals surface area contributed by atoms with Gasteiger partial charge < -0.3 is 41.8 Å². The van der Waals surface area contributed by atoms with Gasteiger partial charge >= 0.3 is 5.97 Å². The SMILES string of the molecule is CCCCCCCC(=O)N[C@H](Cc1ccc(OCc2ccccc2)cc1)C(=O)N[C@@H](CC(C)C)C(=O)N1CCC[C@H]1C(=O)N[C@H](CCCN=C(N)N)C(=O)OC. The summed E-state index contributed by atoms with van der Waals surface area (Å²) in [5.74, 6) is -1.59. The molecule has 56 heavy (non-hydrogen) atoms. The fraction of sp³-hybridized carbons (Fsp3) is 0.571. The first-order valence-electron chi connectivity index (χ1n) is 20.0. The molecule has 1 aliphatic rings. The first-order chi connectivity index (χ1) is 26.9. The van der Waals surface area contributed by atoms with E-state index in [1.807, 2.05) is 68.4 Å². The number of methoxy groups -OCH3 is 1. The highest BCUT2D eigenvalue weighted by molar-refractivity contribution is 5.95. The van der Waals surface area contributed by atoms with E-state index in [-0.39, 0.29) is 37.2 Å². The van der Waals surface area contributed by atoms with Crippen molar-refractivity contribution < 1.29 is 33.4 Å². The van der Waals surface area contributed by atoms with Gasteiger partial charge in [0.15, 0.2) is 5.96 Å². The standard InChI is InChI=1S/C42H63N7O7/c1-5-6-7-8-12-19-37(50)46-34(27-30-20-22-32(23-21-30)56-28-31-15-10-9-11-16-31)38(51)48-35(26-29(2)3)40(53)49-25-14-18-36(49)39(52)47-33(41(54)55-4)17-13-24-45-42(43)44/h9-11,15-16,20-23,29,33-36H,5-8,12-14,17-19,24-28H2,1-4H3,(H,46,50)(H,47,52)(H,48,51)(H4,43,44,45)/t33-,34-,35+,36+/m1/s1. The molecule has 1 heterocycles. The number of likely N-dealkylation sites (tertiary alicyclic amines) is 1. The lowest BCUT2D eigenvalue weighted by atomic mass is 10.00. The third-order valence-electron chi connectivity index (χ3n) is 9.68. The van der Waals surface area contributed by atoms with Crippen molar-refractivity contribution in [2.45, 2.75) is 129 Å². The Kier molecular flexibility index (Phi) is 19.7. The van der Waals surface area contributed by atoms with Gasteiger partial charge in [-0.05, 0) is 67.7 Å². The molecular formula is C42H63N7O7. The summed E-state index contributed by atoms with van der Waals surface area (Å²) in [6, 6.07) is 13.5. The average Bonchev–Trinajstić information content (AvgIpc) is 3.68. The topological polar surface area (TPSA) is 208 Å². The zero-order valence-electron chi connectivity index (χ0n) is 33.6. The second-order valence-electron chi connectivity index (χ2n) is 14.8. The fourth-order valence-corrected chi connectivity index (χ4v) is 6.69. The Morgan fingerprint density at radius 2 is 1.57 bits per heavy atom. The van der Waals surface area contributed by atoms with E-state index in [1.165, 1.54) is 12.0 Å². The molecule has 308 valence electrons. The molecule has 0 saturated carbocycles. The molecule has 0 aromatic heterocycles. The molecule has 7 N–H and O–H groups in total. The largest absolute Gasteiger partial charge is 0.489 e. The van der Waals surface area contributed by atoms with Gasteiger partial charge in [0.25, 0.3) is 0 Å². The third kappa shape index (κ3) is 15.9. The van der Waals surface area contributed by atoms with Crippen LogP contribution in [-0.4, -0.2) is 84.8 Å². The summed E-state index contributed by atoms with van der Waals surface area (Å²) >= 11 is 0. The molecule has 1 saturated heterocycles. The summed E-state index contributed by atoms with van der Waals surface area (Å²) < 4.78 is 10.9. The summed E-state index contributed by atoms with van der Waals surface area (Å²) in [6.07, 6.45) is 7.30. The van der Waals surface area contributed by atoms with Gasteiger partial charge in [0, 0.05) is 25.9 Å². The van der Waals surface area contributed by atoms with Crippen molar-refractivity contribution in [2.24, 2.45) is 22.4 Å². The van der Waals surface area contributed by atoms with E-state index in [1.54, 1.807) is 0 Å². The minimum Gasteiger partial charge on any atom is -0.489 e. The van der Waals surface area contributed by atoms with Crippen molar-refractivity contribution in [3.8, 4) is 5.75 Å². The van der Waals surface area contributed by atoms with E-state index in [0.29, 0.717) is 57.4 Å². The molecule has 0 spiro atoms. The van der Waals surface area contributed by atoms with Crippen LogP contribution in [0.2, 0.25) is 0 Å². The number of aliphatic imine (C=N–C) groups is 1. The smallest absolute Gasteiger partial charge is 0.328 e. The highest BCUT2D eigenvalue weighted by Gasteiger charge is 2.39. The van der Waals surface area contributed by atoms with E-state index < -0.39 is 47.9 Å². The van der Waals surface area contributed by atoms with Crippen molar-refractivity contribution in [3.05, 3.63) is 65.7 Å². The van der Waals surface area contributed by atoms with Crippen molar-refractivity contribution in [2.75, 3.05) is 20.2 Å². The Bertz CT molecular complexity index is 1560. The Morgan fingerprint density at radius 3 is 2.23 bits per heavy atom. The Labute approximate surface area is 331 Å². The lowest BCUT2D eigenvalue weighted by Crippen LogP contribution is -2.58. The molecule has 1 fully saturated rings. The number of nitrogens with zero attached hydrogens (tertiary/aromatic N) is 2. The van der Waals surface area contributed by atoms with E-state index in [0.717, 1.165) is 36.8 Å². The van der Waals surface area contributed by atoms with Gasteiger partial charge in [-0.25, -0.2) is 4.79 Å². The van der Waals surface area contributed by atoms with Gasteiger partial charge in [-0.2, -0.15) is 0 Å². The predicted octanol–water partition coefficient (Wildman–Crippen LogP) is 3.89. The maximum Gasteiger partial charge on any atom is 0.328 e. The number of benzene rings is 2. The first kappa shape index (κ1) is 45.3. The molecule has 0 aliphatic carbocycles. The number of carbonyl (C=O) groups is 5. The molecule has 4 atom stereocenters. The van der Waals surface area contributed by atoms with Crippen molar-refractivity contribution in [1.82, 2.24) is 20.9 Å². The zero-order valence-corrected chi connectivity index (χ0v) is 33.6. The maximum atomic E-state index is 14.2. The summed E-state index contributed by atoms with van der Waals surface area (Å²) in [4.78, 5) is 73.0. The van der Waals surface area contributed by atoms with Crippen LogP contribution in [0.4, 0.5) is 0 Å². The maximum absolute atomic E-state index is 14.2. The Hall–Kier alpha value is -5.14. The zero-order chi connectivity index (χ0) is 40.9. The monoisotopic (exact) mass is 777 g/mol. The third-order valence-corrected chi connectivity index (χ3v) is 9.68. The number of hydrogen-bond donors (Lipinski definition) is 5. The van der Waals surface area contributed by atoms with Gasteiger partial charge in [0.05, 0.1) is 7.11 Å². The van der Waals surface area contributed by atoms with Gasteiger partial charge in [0.2, 0.25) is 23.6 Å². The highest BCUT2D eigenvalue weighted by Crippen LogP contribution is 2.22. The van der Waals surface area contributed by atoms with Gasteiger partial charge in [-0.15, -0.1) is 0 Å². The normalized spacial score (nSPS) is 15.3. The second kappa shape index (κ2) is 24.4. The van der Waals surface area contributed by atoms with Crippen LogP contribution in [0.25, 0.3) is 0 Å². The number of ether oxygens (including phenoxy) is 2. The minimum absolute atomic E-state index is 0.0210. The quantitative estimate of drug-likeness (QED) is 0.0453. The Morgan fingerprint density at radius 1 is 0.857 bits per heavy atom. The summed E-state index contributed by atoms with van der Waals surface area (Å²) in [6.45, 7) is 7.02. The lowest BCUT2D eigenvalue weighted by molar-refractivity contribution is -0.147. The van der Waals surface area contributed by atoms with Crippen molar-refractivity contribution >= 4 is 35.6 Å². The molecule has 0 radical (unpaired) electrons. The first-order valence-corrected chi connectivity index (χ1v) is 20.0. The van der Waals surface area contributed by atoms with E-state index in [4.69, 9.17) is 20.9 Å². The average molecular weight is 778 g/mol. The number of guanidine groups is 1. The van der Waals surface area contributed by atoms with Crippen LogP contribution in [-0.2, 0) is 41.7 Å². The van der Waals surface area contributed by atoms with E-state index in [9.17, 15) is 24.0 Å². The van der Waals surface area contributed by atoms with Crippen molar-refractivity contribution in [3.63, 3.8) is 0 Å². The predicted molar refractivity (Wildman–Crippen MR) is 216 cm³/mol. The molecule has 2 aromatic carbocycles. The highest BCUT2D eigenvalue weighted by atomic mass is 16.5. The molecular weight excluding hydrogens is 715 g/mol. The number of nitrogens with one attached hydrogen (secondary N) is 3.